The first-order valence-electron chi connectivity index (χ1n) is 8.97. The third kappa shape index (κ3) is 2.52. The summed E-state index contributed by atoms with van der Waals surface area (Å²) in [4.78, 5) is 7.25. The van der Waals surface area contributed by atoms with E-state index in [2.05, 4.69) is 22.4 Å². The molecule has 6 heteroatoms. The third-order valence-electron chi connectivity index (χ3n) is 6.74. The maximum Gasteiger partial charge on any atom is 0.232 e. The molecule has 0 aromatic carbocycles. The molecule has 1 aromatic heterocycles. The lowest BCUT2D eigenvalue weighted by molar-refractivity contribution is -0.0201. The van der Waals surface area contributed by atoms with Crippen LogP contribution in [0.1, 0.15) is 56.3 Å². The van der Waals surface area contributed by atoms with E-state index in [9.17, 15) is 0 Å². The van der Waals surface area contributed by atoms with Gasteiger partial charge in [-0.25, -0.2) is 0 Å². The van der Waals surface area contributed by atoms with Crippen molar-refractivity contribution in [3.63, 3.8) is 0 Å². The molecule has 0 radical (unpaired) electrons. The summed E-state index contributed by atoms with van der Waals surface area (Å²) in [5.41, 5.74) is 0.223. The summed E-state index contributed by atoms with van der Waals surface area (Å²) in [5.74, 6) is 4.60. The summed E-state index contributed by atoms with van der Waals surface area (Å²) in [6.45, 7) is 3.02. The van der Waals surface area contributed by atoms with Gasteiger partial charge in [-0.3, -0.25) is 4.90 Å². The molecule has 5 fully saturated rings. The predicted molar refractivity (Wildman–Crippen MR) is 89.6 cm³/mol. The van der Waals surface area contributed by atoms with Crippen molar-refractivity contribution in [1.29, 1.82) is 0 Å². The van der Waals surface area contributed by atoms with Gasteiger partial charge in [-0.15, -0.1) is 12.4 Å². The van der Waals surface area contributed by atoms with Crippen LogP contribution in [0.5, 0.6) is 0 Å². The number of rotatable bonds is 2. The number of nitrogens with zero attached hydrogens (tertiary/aromatic N) is 3. The van der Waals surface area contributed by atoms with Gasteiger partial charge in [0, 0.05) is 19.6 Å². The molecule has 128 valence electrons. The van der Waals surface area contributed by atoms with Gasteiger partial charge in [0.2, 0.25) is 5.89 Å². The highest BCUT2D eigenvalue weighted by Gasteiger charge is 2.54. The van der Waals surface area contributed by atoms with E-state index in [1.54, 1.807) is 0 Å². The van der Waals surface area contributed by atoms with Crippen LogP contribution in [-0.4, -0.2) is 41.7 Å². The Morgan fingerprint density at radius 2 is 1.78 bits per heavy atom. The SMILES string of the molecule is CN1CCNCC1c1noc(C23CC4CC(CC(C4)C2)C3)n1.Cl. The fourth-order valence-corrected chi connectivity index (χ4v) is 6.05. The number of hydrogen-bond acceptors (Lipinski definition) is 5. The van der Waals surface area contributed by atoms with Crippen molar-refractivity contribution in [2.24, 2.45) is 17.8 Å². The van der Waals surface area contributed by atoms with Gasteiger partial charge < -0.3 is 9.84 Å². The van der Waals surface area contributed by atoms with Gasteiger partial charge in [-0.1, -0.05) is 5.16 Å². The van der Waals surface area contributed by atoms with Crippen molar-refractivity contribution in [2.45, 2.75) is 50.0 Å². The first-order chi connectivity index (χ1) is 10.7. The van der Waals surface area contributed by atoms with E-state index in [-0.39, 0.29) is 23.9 Å². The fraction of sp³-hybridized carbons (Fsp3) is 0.882. The Labute approximate surface area is 144 Å². The lowest BCUT2D eigenvalue weighted by Gasteiger charge is -2.55. The monoisotopic (exact) mass is 338 g/mol. The number of halogens is 1. The van der Waals surface area contributed by atoms with Gasteiger partial charge in [-0.05, 0) is 63.3 Å². The maximum atomic E-state index is 5.84. The van der Waals surface area contributed by atoms with Crippen LogP contribution in [0.15, 0.2) is 4.52 Å². The topological polar surface area (TPSA) is 54.2 Å². The largest absolute Gasteiger partial charge is 0.339 e. The highest BCUT2D eigenvalue weighted by molar-refractivity contribution is 5.85. The van der Waals surface area contributed by atoms with Gasteiger partial charge in [0.15, 0.2) is 5.82 Å². The number of likely N-dealkylation sites (N-methyl/N-ethyl adjacent to an activating group) is 1. The predicted octanol–water partition coefficient (Wildman–Crippen LogP) is 2.54. The standard InChI is InChI=1S/C17H26N4O.ClH/c1-21-3-2-18-10-14(21)15-19-16(22-20-15)17-7-11-4-12(8-17)6-13(5-11)9-17;/h11-14,18H,2-10H2,1H3;1H. The number of hydrogen-bond donors (Lipinski definition) is 1. The van der Waals surface area contributed by atoms with E-state index in [0.29, 0.717) is 0 Å². The number of nitrogens with one attached hydrogen (secondary N) is 1. The summed E-state index contributed by atoms with van der Waals surface area (Å²) in [7, 11) is 2.16. The molecular weight excluding hydrogens is 312 g/mol. The molecular formula is C17H27ClN4O. The number of aromatic nitrogens is 2. The average Bonchev–Trinajstić information content (AvgIpc) is 2.97. The fourth-order valence-electron chi connectivity index (χ4n) is 6.05. The van der Waals surface area contributed by atoms with Crippen LogP contribution < -0.4 is 5.32 Å². The van der Waals surface area contributed by atoms with Crippen LogP contribution in [0.4, 0.5) is 0 Å². The molecule has 4 saturated carbocycles. The summed E-state index contributed by atoms with van der Waals surface area (Å²) in [5, 5.41) is 7.82. The quantitative estimate of drug-likeness (QED) is 0.898. The van der Waals surface area contributed by atoms with Crippen molar-refractivity contribution < 1.29 is 4.52 Å². The van der Waals surface area contributed by atoms with Crippen LogP contribution in [0.2, 0.25) is 0 Å². The molecule has 6 rings (SSSR count). The van der Waals surface area contributed by atoms with Crippen molar-refractivity contribution in [3.8, 4) is 0 Å². The first kappa shape index (κ1) is 15.9. The van der Waals surface area contributed by atoms with E-state index >= 15 is 0 Å². The van der Waals surface area contributed by atoms with Crippen LogP contribution >= 0.6 is 12.4 Å². The molecule has 1 aromatic rings. The molecule has 4 bridgehead atoms. The van der Waals surface area contributed by atoms with E-state index in [1.165, 1.54) is 38.5 Å². The Morgan fingerprint density at radius 1 is 1.13 bits per heavy atom. The second-order valence-corrected chi connectivity index (χ2v) is 8.36. The minimum absolute atomic E-state index is 0. The Kier molecular flexibility index (Phi) is 3.94. The molecule has 5 aliphatic rings. The molecule has 2 heterocycles. The Hall–Kier alpha value is -0.650. The van der Waals surface area contributed by atoms with Gasteiger partial charge in [0.25, 0.3) is 0 Å². The second kappa shape index (κ2) is 5.71. The molecule has 0 spiro atoms. The van der Waals surface area contributed by atoms with Gasteiger partial charge >= 0.3 is 0 Å². The normalized spacial score (nSPS) is 42.7. The molecule has 0 amide bonds. The lowest BCUT2D eigenvalue weighted by atomic mass is 9.49. The summed E-state index contributed by atoms with van der Waals surface area (Å²) >= 11 is 0. The average molecular weight is 339 g/mol. The second-order valence-electron chi connectivity index (χ2n) is 8.36. The van der Waals surface area contributed by atoms with Crippen LogP contribution in [0, 0.1) is 17.8 Å². The Balaban J connectivity index is 0.00000135. The van der Waals surface area contributed by atoms with Crippen LogP contribution in [0.25, 0.3) is 0 Å². The van der Waals surface area contributed by atoms with E-state index in [0.717, 1.165) is 49.1 Å². The summed E-state index contributed by atoms with van der Waals surface area (Å²) < 4.78 is 5.84. The van der Waals surface area contributed by atoms with Gasteiger partial charge in [0.05, 0.1) is 11.5 Å². The minimum atomic E-state index is 0. The van der Waals surface area contributed by atoms with Gasteiger partial charge in [0.1, 0.15) is 0 Å². The van der Waals surface area contributed by atoms with Crippen LogP contribution in [0.3, 0.4) is 0 Å². The third-order valence-corrected chi connectivity index (χ3v) is 6.74. The Bertz CT molecular complexity index is 539. The highest BCUT2D eigenvalue weighted by atomic mass is 35.5. The van der Waals surface area contributed by atoms with Crippen molar-refractivity contribution in [1.82, 2.24) is 20.4 Å². The molecule has 1 saturated heterocycles. The zero-order valence-electron chi connectivity index (χ0n) is 13.8. The maximum absolute atomic E-state index is 5.84. The van der Waals surface area contributed by atoms with E-state index in [4.69, 9.17) is 9.51 Å². The van der Waals surface area contributed by atoms with Crippen LogP contribution in [-0.2, 0) is 5.41 Å². The molecule has 4 aliphatic carbocycles. The Morgan fingerprint density at radius 3 is 2.39 bits per heavy atom. The molecule has 5 nitrogen and oxygen atoms in total. The zero-order valence-corrected chi connectivity index (χ0v) is 14.6. The minimum Gasteiger partial charge on any atom is -0.339 e. The smallest absolute Gasteiger partial charge is 0.232 e. The molecule has 1 N–H and O–H groups in total. The van der Waals surface area contributed by atoms with Crippen molar-refractivity contribution in [3.05, 3.63) is 11.7 Å². The lowest BCUT2D eigenvalue weighted by Crippen LogP contribution is -2.48. The van der Waals surface area contributed by atoms with E-state index in [1.807, 2.05) is 0 Å². The highest BCUT2D eigenvalue weighted by Crippen LogP contribution is 2.60. The van der Waals surface area contributed by atoms with Crippen molar-refractivity contribution in [2.75, 3.05) is 26.7 Å². The molecule has 1 unspecified atom stereocenters. The number of piperazine rings is 1. The molecule has 1 aliphatic heterocycles. The summed E-state index contributed by atoms with van der Waals surface area (Å²) in [6, 6.07) is 0.264. The summed E-state index contributed by atoms with van der Waals surface area (Å²) in [6.07, 6.45) is 8.23. The molecule has 1 atom stereocenters. The first-order valence-corrected chi connectivity index (χ1v) is 8.97. The van der Waals surface area contributed by atoms with E-state index < -0.39 is 0 Å². The van der Waals surface area contributed by atoms with Crippen molar-refractivity contribution >= 4 is 12.4 Å². The van der Waals surface area contributed by atoms with Gasteiger partial charge in [-0.2, -0.15) is 4.98 Å². The molecule has 23 heavy (non-hydrogen) atoms. The zero-order chi connectivity index (χ0) is 14.7.